The third kappa shape index (κ3) is 4.21. The molecule has 0 aliphatic carbocycles. The average molecular weight is 289 g/mol. The molecule has 0 atom stereocenters. The first-order valence-corrected chi connectivity index (χ1v) is 7.82. The number of anilines is 1. The number of rotatable bonds is 4. The first kappa shape index (κ1) is 15.8. The number of hydrogen-bond donors (Lipinski definition) is 1. The van der Waals surface area contributed by atoms with Crippen molar-refractivity contribution in [2.75, 3.05) is 32.4 Å². The van der Waals surface area contributed by atoms with E-state index in [-0.39, 0.29) is 5.91 Å². The van der Waals surface area contributed by atoms with Crippen LogP contribution in [0.4, 0.5) is 5.69 Å². The van der Waals surface area contributed by atoms with E-state index >= 15 is 0 Å². The molecule has 1 saturated heterocycles. The molecule has 1 aliphatic rings. The van der Waals surface area contributed by atoms with E-state index in [2.05, 4.69) is 25.8 Å². The van der Waals surface area contributed by atoms with Crippen molar-refractivity contribution in [2.45, 2.75) is 32.7 Å². The van der Waals surface area contributed by atoms with Gasteiger partial charge in [0, 0.05) is 36.9 Å². The predicted molar refractivity (Wildman–Crippen MR) is 87.2 cm³/mol. The molecule has 21 heavy (non-hydrogen) atoms. The Kier molecular flexibility index (Phi) is 5.23. The summed E-state index contributed by atoms with van der Waals surface area (Å²) in [7, 11) is 2.18. The third-order valence-electron chi connectivity index (χ3n) is 4.49. The van der Waals surface area contributed by atoms with E-state index in [1.165, 1.54) is 0 Å². The van der Waals surface area contributed by atoms with Crippen molar-refractivity contribution in [2.24, 2.45) is 5.92 Å². The second kappa shape index (κ2) is 6.94. The quantitative estimate of drug-likeness (QED) is 0.866. The van der Waals surface area contributed by atoms with Gasteiger partial charge in [0.05, 0.1) is 0 Å². The molecule has 1 aromatic carbocycles. The van der Waals surface area contributed by atoms with Crippen LogP contribution in [0.15, 0.2) is 24.3 Å². The molecule has 2 rings (SSSR count). The molecular weight excluding hydrogens is 262 g/mol. The topological polar surface area (TPSA) is 49.6 Å². The lowest BCUT2D eigenvalue weighted by molar-refractivity contribution is 0.0666. The van der Waals surface area contributed by atoms with Crippen LogP contribution in [0.2, 0.25) is 0 Å². The van der Waals surface area contributed by atoms with E-state index in [0.29, 0.717) is 17.6 Å². The van der Waals surface area contributed by atoms with Crippen molar-refractivity contribution in [3.05, 3.63) is 29.8 Å². The number of likely N-dealkylation sites (tertiary alicyclic amines) is 1. The molecule has 1 aromatic rings. The smallest absolute Gasteiger partial charge is 0.253 e. The Morgan fingerprint density at radius 2 is 1.86 bits per heavy atom. The SMILES string of the molecule is CC(C)N(C)CC1CCN(C(=O)c2ccc(N)cc2)CC1. The van der Waals surface area contributed by atoms with E-state index in [1.54, 1.807) is 12.1 Å². The maximum atomic E-state index is 12.4. The highest BCUT2D eigenvalue weighted by Gasteiger charge is 2.24. The van der Waals surface area contributed by atoms with Gasteiger partial charge in [0.15, 0.2) is 0 Å². The molecule has 4 nitrogen and oxygen atoms in total. The molecule has 0 radical (unpaired) electrons. The largest absolute Gasteiger partial charge is 0.399 e. The second-order valence-corrected chi connectivity index (χ2v) is 6.39. The molecule has 0 unspecified atom stereocenters. The Balaban J connectivity index is 1.86. The zero-order chi connectivity index (χ0) is 15.4. The summed E-state index contributed by atoms with van der Waals surface area (Å²) < 4.78 is 0. The van der Waals surface area contributed by atoms with Crippen molar-refractivity contribution in [3.63, 3.8) is 0 Å². The Hall–Kier alpha value is -1.55. The lowest BCUT2D eigenvalue weighted by Crippen LogP contribution is -2.42. The fraction of sp³-hybridized carbons (Fsp3) is 0.588. The summed E-state index contributed by atoms with van der Waals surface area (Å²) in [6.07, 6.45) is 2.19. The van der Waals surface area contributed by atoms with Crippen molar-refractivity contribution in [1.82, 2.24) is 9.80 Å². The first-order chi connectivity index (χ1) is 9.97. The van der Waals surface area contributed by atoms with Gasteiger partial charge in [-0.15, -0.1) is 0 Å². The number of amides is 1. The van der Waals surface area contributed by atoms with Crippen molar-refractivity contribution >= 4 is 11.6 Å². The van der Waals surface area contributed by atoms with E-state index < -0.39 is 0 Å². The zero-order valence-electron chi connectivity index (χ0n) is 13.4. The number of hydrogen-bond acceptors (Lipinski definition) is 3. The van der Waals surface area contributed by atoms with Crippen LogP contribution in [0.3, 0.4) is 0 Å². The highest BCUT2D eigenvalue weighted by molar-refractivity contribution is 5.94. The van der Waals surface area contributed by atoms with Gasteiger partial charge in [0.1, 0.15) is 0 Å². The summed E-state index contributed by atoms with van der Waals surface area (Å²) in [6, 6.07) is 7.79. The Labute approximate surface area is 127 Å². The number of benzene rings is 1. The van der Waals surface area contributed by atoms with Crippen LogP contribution in [-0.4, -0.2) is 48.4 Å². The summed E-state index contributed by atoms with van der Waals surface area (Å²) >= 11 is 0. The molecular formula is C17H27N3O. The van der Waals surface area contributed by atoms with Gasteiger partial charge in [-0.2, -0.15) is 0 Å². The minimum Gasteiger partial charge on any atom is -0.399 e. The summed E-state index contributed by atoms with van der Waals surface area (Å²) in [6.45, 7) is 7.29. The van der Waals surface area contributed by atoms with Gasteiger partial charge < -0.3 is 15.5 Å². The normalized spacial score (nSPS) is 16.7. The summed E-state index contributed by atoms with van der Waals surface area (Å²) in [5, 5.41) is 0. The van der Waals surface area contributed by atoms with Crippen LogP contribution in [0, 0.1) is 5.92 Å². The Morgan fingerprint density at radius 3 is 2.38 bits per heavy atom. The van der Waals surface area contributed by atoms with Gasteiger partial charge in [0.2, 0.25) is 0 Å². The zero-order valence-corrected chi connectivity index (χ0v) is 13.4. The van der Waals surface area contributed by atoms with E-state index in [4.69, 9.17) is 5.73 Å². The number of carbonyl (C=O) groups is 1. The maximum absolute atomic E-state index is 12.4. The van der Waals surface area contributed by atoms with E-state index in [9.17, 15) is 4.79 Å². The van der Waals surface area contributed by atoms with E-state index in [1.807, 2.05) is 17.0 Å². The highest BCUT2D eigenvalue weighted by Crippen LogP contribution is 2.20. The predicted octanol–water partition coefficient (Wildman–Crippen LogP) is 2.46. The molecule has 2 N–H and O–H groups in total. The molecule has 1 amide bonds. The fourth-order valence-electron chi connectivity index (χ4n) is 2.74. The maximum Gasteiger partial charge on any atom is 0.253 e. The summed E-state index contributed by atoms with van der Waals surface area (Å²) in [5.74, 6) is 0.832. The van der Waals surface area contributed by atoms with E-state index in [0.717, 1.165) is 38.0 Å². The van der Waals surface area contributed by atoms with Crippen molar-refractivity contribution < 1.29 is 4.79 Å². The molecule has 1 fully saturated rings. The minimum absolute atomic E-state index is 0.130. The van der Waals surface area contributed by atoms with Crippen LogP contribution in [0.25, 0.3) is 0 Å². The van der Waals surface area contributed by atoms with Gasteiger partial charge in [-0.1, -0.05) is 0 Å². The third-order valence-corrected chi connectivity index (χ3v) is 4.49. The van der Waals surface area contributed by atoms with Crippen molar-refractivity contribution in [3.8, 4) is 0 Å². The van der Waals surface area contributed by atoms with Gasteiger partial charge >= 0.3 is 0 Å². The Morgan fingerprint density at radius 1 is 1.29 bits per heavy atom. The minimum atomic E-state index is 0.130. The molecule has 0 spiro atoms. The summed E-state index contributed by atoms with van der Waals surface area (Å²) in [4.78, 5) is 16.8. The molecule has 0 saturated carbocycles. The molecule has 4 heteroatoms. The lowest BCUT2D eigenvalue weighted by atomic mass is 9.95. The lowest BCUT2D eigenvalue weighted by Gasteiger charge is -2.35. The highest BCUT2D eigenvalue weighted by atomic mass is 16.2. The standard InChI is InChI=1S/C17H27N3O/c1-13(2)19(3)12-14-8-10-20(11-9-14)17(21)15-4-6-16(18)7-5-15/h4-7,13-14H,8-12,18H2,1-3H3. The molecule has 0 bridgehead atoms. The summed E-state index contributed by atoms with van der Waals surface area (Å²) in [5.41, 5.74) is 7.10. The van der Waals surface area contributed by atoms with Crippen molar-refractivity contribution in [1.29, 1.82) is 0 Å². The molecule has 0 aromatic heterocycles. The second-order valence-electron chi connectivity index (χ2n) is 6.39. The number of carbonyl (C=O) groups excluding carboxylic acids is 1. The van der Waals surface area contributed by atoms with Gasteiger partial charge in [-0.25, -0.2) is 0 Å². The number of piperidine rings is 1. The van der Waals surface area contributed by atoms with Gasteiger partial charge in [0.25, 0.3) is 5.91 Å². The van der Waals surface area contributed by atoms with Crippen LogP contribution >= 0.6 is 0 Å². The van der Waals surface area contributed by atoms with Gasteiger partial charge in [-0.3, -0.25) is 4.79 Å². The van der Waals surface area contributed by atoms with Crippen LogP contribution in [-0.2, 0) is 0 Å². The number of nitrogens with two attached hydrogens (primary N) is 1. The Bertz CT molecular complexity index is 461. The van der Waals surface area contributed by atoms with Crippen LogP contribution in [0.1, 0.15) is 37.0 Å². The number of nitrogens with zero attached hydrogens (tertiary/aromatic N) is 2. The number of nitrogen functional groups attached to an aromatic ring is 1. The first-order valence-electron chi connectivity index (χ1n) is 7.82. The monoisotopic (exact) mass is 289 g/mol. The fourth-order valence-corrected chi connectivity index (χ4v) is 2.74. The average Bonchev–Trinajstić information content (AvgIpc) is 2.48. The molecule has 1 aliphatic heterocycles. The van der Waals surface area contributed by atoms with Gasteiger partial charge in [-0.05, 0) is 63.9 Å². The molecule has 1 heterocycles. The van der Waals surface area contributed by atoms with Crippen LogP contribution in [0.5, 0.6) is 0 Å². The molecule has 116 valence electrons. The van der Waals surface area contributed by atoms with Crippen LogP contribution < -0.4 is 5.73 Å².